The number of carbonyl (C=O) groups excluding carboxylic acids is 2. The van der Waals surface area contributed by atoms with Crippen LogP contribution in [-0.2, 0) is 4.79 Å². The van der Waals surface area contributed by atoms with Gasteiger partial charge in [0, 0.05) is 38.2 Å². The number of anilines is 1. The third kappa shape index (κ3) is 3.51. The molecule has 2 heterocycles. The number of thiazole rings is 1. The predicted octanol–water partition coefficient (Wildman–Crippen LogP) is 2.03. The van der Waals surface area contributed by atoms with Crippen LogP contribution in [0.4, 0.5) is 5.13 Å². The van der Waals surface area contributed by atoms with Crippen LogP contribution in [0, 0.1) is 0 Å². The normalized spacial score (nSPS) is 15.8. The summed E-state index contributed by atoms with van der Waals surface area (Å²) in [6.45, 7) is 5.13. The number of fused-ring (bicyclic) bond motifs is 1. The van der Waals surface area contributed by atoms with Crippen molar-refractivity contribution in [3.8, 4) is 0 Å². The smallest absolute Gasteiger partial charge is 0.253 e. The SMILES string of the molecule is CCC(=O)Nc1nc2ccc(C(=O)N3CCN(C)CC3)cc2s1. The predicted molar refractivity (Wildman–Crippen MR) is 91.9 cm³/mol. The highest BCUT2D eigenvalue weighted by Crippen LogP contribution is 2.27. The lowest BCUT2D eigenvalue weighted by atomic mass is 10.1. The first-order valence-electron chi connectivity index (χ1n) is 7.75. The number of nitrogens with one attached hydrogen (secondary N) is 1. The van der Waals surface area contributed by atoms with Crippen molar-refractivity contribution in [1.29, 1.82) is 0 Å². The van der Waals surface area contributed by atoms with Crippen molar-refractivity contribution in [3.05, 3.63) is 23.8 Å². The van der Waals surface area contributed by atoms with Gasteiger partial charge in [0.2, 0.25) is 5.91 Å². The van der Waals surface area contributed by atoms with E-state index in [1.807, 2.05) is 23.1 Å². The zero-order valence-corrected chi connectivity index (χ0v) is 14.2. The molecular weight excluding hydrogens is 312 g/mol. The Bertz CT molecular complexity index is 735. The van der Waals surface area contributed by atoms with Crippen molar-refractivity contribution in [2.75, 3.05) is 38.5 Å². The van der Waals surface area contributed by atoms with Crippen LogP contribution < -0.4 is 5.32 Å². The van der Waals surface area contributed by atoms with E-state index < -0.39 is 0 Å². The van der Waals surface area contributed by atoms with Gasteiger partial charge in [0.15, 0.2) is 5.13 Å². The van der Waals surface area contributed by atoms with Gasteiger partial charge in [-0.1, -0.05) is 18.3 Å². The molecule has 7 heteroatoms. The van der Waals surface area contributed by atoms with Gasteiger partial charge in [-0.25, -0.2) is 4.98 Å². The van der Waals surface area contributed by atoms with Crippen LogP contribution in [0.2, 0.25) is 0 Å². The first kappa shape index (κ1) is 15.9. The van der Waals surface area contributed by atoms with Crippen molar-refractivity contribution >= 4 is 38.5 Å². The molecule has 0 aliphatic carbocycles. The van der Waals surface area contributed by atoms with E-state index in [1.165, 1.54) is 11.3 Å². The molecule has 0 bridgehead atoms. The lowest BCUT2D eigenvalue weighted by Crippen LogP contribution is -2.47. The second kappa shape index (κ2) is 6.64. The summed E-state index contributed by atoms with van der Waals surface area (Å²) < 4.78 is 0.913. The van der Waals surface area contributed by atoms with E-state index in [0.29, 0.717) is 17.1 Å². The van der Waals surface area contributed by atoms with Crippen molar-refractivity contribution < 1.29 is 9.59 Å². The van der Waals surface area contributed by atoms with E-state index in [2.05, 4.69) is 22.2 Å². The number of rotatable bonds is 3. The molecule has 1 fully saturated rings. The topological polar surface area (TPSA) is 65.5 Å². The average molecular weight is 332 g/mol. The number of likely N-dealkylation sites (N-methyl/N-ethyl adjacent to an activating group) is 1. The highest BCUT2D eigenvalue weighted by atomic mass is 32.1. The number of piperazine rings is 1. The lowest BCUT2D eigenvalue weighted by molar-refractivity contribution is -0.115. The first-order valence-corrected chi connectivity index (χ1v) is 8.56. The first-order chi connectivity index (χ1) is 11.1. The van der Waals surface area contributed by atoms with Crippen molar-refractivity contribution in [2.24, 2.45) is 0 Å². The summed E-state index contributed by atoms with van der Waals surface area (Å²) in [5.41, 5.74) is 1.48. The Kier molecular flexibility index (Phi) is 4.58. The molecule has 1 saturated heterocycles. The summed E-state index contributed by atoms with van der Waals surface area (Å²) in [6.07, 6.45) is 0.420. The summed E-state index contributed by atoms with van der Waals surface area (Å²) >= 11 is 1.40. The van der Waals surface area contributed by atoms with Crippen molar-refractivity contribution in [3.63, 3.8) is 0 Å². The van der Waals surface area contributed by atoms with Gasteiger partial charge in [0.1, 0.15) is 0 Å². The van der Waals surface area contributed by atoms with Crippen LogP contribution in [0.1, 0.15) is 23.7 Å². The molecule has 2 amide bonds. The fraction of sp³-hybridized carbons (Fsp3) is 0.438. The molecule has 1 aliphatic rings. The summed E-state index contributed by atoms with van der Waals surface area (Å²) in [4.78, 5) is 32.6. The van der Waals surface area contributed by atoms with E-state index in [4.69, 9.17) is 0 Å². The number of carbonyl (C=O) groups is 2. The highest BCUT2D eigenvalue weighted by Gasteiger charge is 2.21. The highest BCUT2D eigenvalue weighted by molar-refractivity contribution is 7.22. The molecule has 0 atom stereocenters. The van der Waals surface area contributed by atoms with Gasteiger partial charge in [-0.05, 0) is 25.2 Å². The second-order valence-corrected chi connectivity index (χ2v) is 6.73. The van der Waals surface area contributed by atoms with Crippen LogP contribution in [0.5, 0.6) is 0 Å². The van der Waals surface area contributed by atoms with Gasteiger partial charge >= 0.3 is 0 Å². The minimum absolute atomic E-state index is 0.0576. The zero-order chi connectivity index (χ0) is 16.4. The summed E-state index contributed by atoms with van der Waals surface area (Å²) in [5.74, 6) is 0.00494. The summed E-state index contributed by atoms with van der Waals surface area (Å²) in [7, 11) is 2.07. The molecule has 0 radical (unpaired) electrons. The monoisotopic (exact) mass is 332 g/mol. The number of amides is 2. The van der Waals surface area contributed by atoms with Crippen LogP contribution in [0.3, 0.4) is 0 Å². The molecule has 1 aliphatic heterocycles. The Morgan fingerprint density at radius 2 is 2.00 bits per heavy atom. The van der Waals surface area contributed by atoms with E-state index in [0.717, 1.165) is 36.4 Å². The maximum absolute atomic E-state index is 12.6. The van der Waals surface area contributed by atoms with E-state index in [1.54, 1.807) is 6.92 Å². The molecule has 0 spiro atoms. The van der Waals surface area contributed by atoms with Crippen LogP contribution in [0.25, 0.3) is 10.2 Å². The lowest BCUT2D eigenvalue weighted by Gasteiger charge is -2.32. The number of nitrogens with zero attached hydrogens (tertiary/aromatic N) is 3. The Hall–Kier alpha value is -1.99. The van der Waals surface area contributed by atoms with E-state index in [-0.39, 0.29) is 11.8 Å². The fourth-order valence-electron chi connectivity index (χ4n) is 2.51. The largest absolute Gasteiger partial charge is 0.336 e. The van der Waals surface area contributed by atoms with Crippen LogP contribution >= 0.6 is 11.3 Å². The second-order valence-electron chi connectivity index (χ2n) is 5.70. The average Bonchev–Trinajstić information content (AvgIpc) is 2.96. The minimum Gasteiger partial charge on any atom is -0.336 e. The number of hydrogen-bond acceptors (Lipinski definition) is 5. The van der Waals surface area contributed by atoms with Crippen molar-refractivity contribution in [1.82, 2.24) is 14.8 Å². The molecule has 1 N–H and O–H groups in total. The zero-order valence-electron chi connectivity index (χ0n) is 13.3. The van der Waals surface area contributed by atoms with E-state index in [9.17, 15) is 9.59 Å². The molecule has 122 valence electrons. The molecule has 0 saturated carbocycles. The Morgan fingerprint density at radius 1 is 1.26 bits per heavy atom. The van der Waals surface area contributed by atoms with Gasteiger partial charge in [-0.2, -0.15) is 0 Å². The van der Waals surface area contributed by atoms with E-state index >= 15 is 0 Å². The molecule has 0 unspecified atom stereocenters. The summed E-state index contributed by atoms with van der Waals surface area (Å²) in [5, 5.41) is 3.35. The molecule has 2 aromatic rings. The molecule has 1 aromatic carbocycles. The maximum Gasteiger partial charge on any atom is 0.253 e. The van der Waals surface area contributed by atoms with Gasteiger partial charge in [-0.15, -0.1) is 0 Å². The third-order valence-corrected chi connectivity index (χ3v) is 4.93. The third-order valence-electron chi connectivity index (χ3n) is 3.99. The number of aromatic nitrogens is 1. The molecule has 6 nitrogen and oxygen atoms in total. The standard InChI is InChI=1S/C16H20N4O2S/c1-3-14(21)18-16-17-12-5-4-11(10-13(12)23-16)15(22)20-8-6-19(2)7-9-20/h4-5,10H,3,6-9H2,1-2H3,(H,17,18,21). The molecular formula is C16H20N4O2S. The Morgan fingerprint density at radius 3 is 2.70 bits per heavy atom. The Labute approximate surface area is 139 Å². The molecule has 1 aromatic heterocycles. The minimum atomic E-state index is -0.0576. The van der Waals surface area contributed by atoms with Crippen LogP contribution in [-0.4, -0.2) is 59.8 Å². The number of benzene rings is 1. The fourth-order valence-corrected chi connectivity index (χ4v) is 3.43. The maximum atomic E-state index is 12.6. The molecule has 23 heavy (non-hydrogen) atoms. The Balaban J connectivity index is 1.79. The van der Waals surface area contributed by atoms with Gasteiger partial charge in [0.05, 0.1) is 10.2 Å². The van der Waals surface area contributed by atoms with Crippen molar-refractivity contribution in [2.45, 2.75) is 13.3 Å². The van der Waals surface area contributed by atoms with Gasteiger partial charge in [-0.3, -0.25) is 9.59 Å². The quantitative estimate of drug-likeness (QED) is 0.934. The van der Waals surface area contributed by atoms with Crippen LogP contribution in [0.15, 0.2) is 18.2 Å². The summed E-state index contributed by atoms with van der Waals surface area (Å²) in [6, 6.07) is 5.53. The number of hydrogen-bond donors (Lipinski definition) is 1. The molecule has 3 rings (SSSR count). The van der Waals surface area contributed by atoms with Gasteiger partial charge < -0.3 is 15.1 Å². The van der Waals surface area contributed by atoms with Gasteiger partial charge in [0.25, 0.3) is 5.91 Å².